The van der Waals surface area contributed by atoms with Gasteiger partial charge in [0.2, 0.25) is 0 Å². The van der Waals surface area contributed by atoms with E-state index in [0.717, 1.165) is 107 Å². The molecule has 0 bridgehead atoms. The van der Waals surface area contributed by atoms with Crippen molar-refractivity contribution in [2.45, 2.75) is 0 Å². The van der Waals surface area contributed by atoms with Gasteiger partial charge in [0.1, 0.15) is 23.0 Å². The Morgan fingerprint density at radius 1 is 0.583 bits per heavy atom. The van der Waals surface area contributed by atoms with Gasteiger partial charge in [0, 0.05) is 120 Å². The quantitative estimate of drug-likeness (QED) is 0.0972. The number of nitro groups is 1. The first-order valence-corrected chi connectivity index (χ1v) is 19.8. The van der Waals surface area contributed by atoms with Crippen molar-refractivity contribution in [3.8, 4) is 0 Å². The van der Waals surface area contributed by atoms with Gasteiger partial charge in [-0.1, -0.05) is 18.2 Å². The number of nitrogens with two attached hydrogens (primary N) is 1. The number of hydrogen-bond acceptors (Lipinski definition) is 16. The Hall–Kier alpha value is -7.01. The number of benzene rings is 2. The number of piperazine rings is 3. The van der Waals surface area contributed by atoms with Gasteiger partial charge in [0.15, 0.2) is 0 Å². The number of nitrogens with zero attached hydrogens (tertiary/aromatic N) is 9. The van der Waals surface area contributed by atoms with Crippen LogP contribution in [-0.4, -0.2) is 125 Å². The van der Waals surface area contributed by atoms with E-state index in [1.807, 2.05) is 67.0 Å². The van der Waals surface area contributed by atoms with Crippen molar-refractivity contribution >= 4 is 52.1 Å². The molecular formula is C43H51N11O6. The third kappa shape index (κ3) is 11.1. The lowest BCUT2D eigenvalue weighted by Crippen LogP contribution is -2.46. The topological polar surface area (TPSA) is 189 Å². The molecule has 17 nitrogen and oxygen atoms in total. The predicted molar refractivity (Wildman–Crippen MR) is 233 cm³/mol. The summed E-state index contributed by atoms with van der Waals surface area (Å²) < 4.78 is 9.45. The Bertz CT molecular complexity index is 2150. The van der Waals surface area contributed by atoms with E-state index >= 15 is 0 Å². The predicted octanol–water partition coefficient (Wildman–Crippen LogP) is 4.37. The summed E-state index contributed by atoms with van der Waals surface area (Å²) in [5.74, 6) is 1.91. The third-order valence-electron chi connectivity index (χ3n) is 10.4. The minimum atomic E-state index is -0.708. The molecule has 3 aliphatic rings. The second-order valence-corrected chi connectivity index (χ2v) is 14.0. The molecule has 3 aliphatic heterocycles. The molecular weight excluding hydrogens is 767 g/mol. The number of aromatic nitrogens is 3. The van der Waals surface area contributed by atoms with Gasteiger partial charge in [-0.2, -0.15) is 0 Å². The van der Waals surface area contributed by atoms with Crippen LogP contribution in [0.1, 0.15) is 20.7 Å². The lowest BCUT2D eigenvalue weighted by Gasteiger charge is -2.36. The van der Waals surface area contributed by atoms with Crippen LogP contribution in [-0.2, 0) is 9.47 Å². The maximum atomic E-state index is 11.8. The molecule has 8 rings (SSSR count). The van der Waals surface area contributed by atoms with E-state index in [1.54, 1.807) is 24.4 Å². The smallest absolute Gasteiger partial charge is 0.344 e. The molecule has 17 heteroatoms. The van der Waals surface area contributed by atoms with Crippen LogP contribution in [0.3, 0.4) is 0 Å². The van der Waals surface area contributed by atoms with Gasteiger partial charge in [-0.15, -0.1) is 0 Å². The van der Waals surface area contributed by atoms with E-state index < -0.39 is 16.9 Å². The van der Waals surface area contributed by atoms with Gasteiger partial charge in [-0.25, -0.2) is 24.5 Å². The zero-order valence-corrected chi connectivity index (χ0v) is 33.9. The highest BCUT2D eigenvalue weighted by atomic mass is 16.6. The van der Waals surface area contributed by atoms with Gasteiger partial charge in [-0.05, 0) is 66.7 Å². The summed E-state index contributed by atoms with van der Waals surface area (Å²) in [6.45, 7) is 10.8. The van der Waals surface area contributed by atoms with Crippen LogP contribution >= 0.6 is 0 Å². The number of nitro benzene ring substituents is 1. The summed E-state index contributed by atoms with van der Waals surface area (Å²) >= 11 is 0. The Morgan fingerprint density at radius 2 is 0.983 bits per heavy atom. The second kappa shape index (κ2) is 21.1. The highest BCUT2D eigenvalue weighted by molar-refractivity contribution is 5.96. The van der Waals surface area contributed by atoms with Crippen molar-refractivity contribution in [3.63, 3.8) is 0 Å². The van der Waals surface area contributed by atoms with Crippen molar-refractivity contribution in [1.82, 2.24) is 20.3 Å². The van der Waals surface area contributed by atoms with Crippen LogP contribution in [0.4, 0.5) is 40.2 Å². The average Bonchev–Trinajstić information content (AvgIpc) is 3.32. The van der Waals surface area contributed by atoms with Gasteiger partial charge in [-0.3, -0.25) is 10.1 Å². The van der Waals surface area contributed by atoms with Crippen LogP contribution in [0.2, 0.25) is 0 Å². The van der Waals surface area contributed by atoms with Crippen LogP contribution in [0.25, 0.3) is 0 Å². The number of carbonyl (C=O) groups is 2. The molecule has 0 spiro atoms. The van der Waals surface area contributed by atoms with E-state index in [2.05, 4.69) is 55.6 Å². The number of pyridine rings is 3. The summed E-state index contributed by atoms with van der Waals surface area (Å²) in [4.78, 5) is 58.3. The molecule has 6 heterocycles. The van der Waals surface area contributed by atoms with E-state index in [4.69, 9.17) is 10.5 Å². The molecule has 314 valence electrons. The molecule has 0 unspecified atom stereocenters. The summed E-state index contributed by atoms with van der Waals surface area (Å²) in [6.07, 6.45) is 5.42. The lowest BCUT2D eigenvalue weighted by molar-refractivity contribution is -0.385. The van der Waals surface area contributed by atoms with Crippen LogP contribution in [0.15, 0.2) is 110 Å². The number of rotatable bonds is 8. The van der Waals surface area contributed by atoms with Gasteiger partial charge in [0.25, 0.3) is 5.69 Å². The second-order valence-electron chi connectivity index (χ2n) is 14.0. The number of esters is 2. The van der Waals surface area contributed by atoms with Crippen molar-refractivity contribution in [1.29, 1.82) is 0 Å². The standard InChI is InChI=1S/C17H18N4O4.C17H20N4O2.C9H13N3/c1-25-17(22)14-12-13(5-6-15(14)21(23)24)19-8-10-20(11-9-19)16-4-2-3-7-18-16;1-23-17(22)14-12-13(5-6-15(14)18)20-8-10-21(11-9-20)16-4-2-3-7-19-16;1-2-4-11-9(3-1)12-7-5-10-6-8-12/h2-7,12H,8-11H2,1H3;2-7,12H,8-11,18H2,1H3;1-4,10H,5-8H2. The highest BCUT2D eigenvalue weighted by Crippen LogP contribution is 2.28. The molecule has 3 aromatic heterocycles. The fourth-order valence-electron chi connectivity index (χ4n) is 7.08. The Kier molecular flexibility index (Phi) is 15.0. The summed E-state index contributed by atoms with van der Waals surface area (Å²) in [6, 6.07) is 27.8. The molecule has 2 aromatic carbocycles. The maximum Gasteiger partial charge on any atom is 0.344 e. The Balaban J connectivity index is 0.000000160. The third-order valence-corrected chi connectivity index (χ3v) is 10.4. The zero-order valence-electron chi connectivity index (χ0n) is 33.9. The van der Waals surface area contributed by atoms with Crippen LogP contribution in [0, 0.1) is 10.1 Å². The zero-order chi connectivity index (χ0) is 42.3. The number of carbonyl (C=O) groups excluding carboxylic acids is 2. The summed E-state index contributed by atoms with van der Waals surface area (Å²) in [5.41, 5.74) is 8.19. The fourth-order valence-corrected chi connectivity index (χ4v) is 7.08. The minimum absolute atomic E-state index is 0.0304. The van der Waals surface area contributed by atoms with Crippen molar-refractivity contribution < 1.29 is 24.0 Å². The van der Waals surface area contributed by atoms with Crippen molar-refractivity contribution in [2.24, 2.45) is 0 Å². The molecule has 0 amide bonds. The number of hydrogen-bond donors (Lipinski definition) is 2. The number of nitrogen functional groups attached to an aromatic ring is 1. The molecule has 60 heavy (non-hydrogen) atoms. The summed E-state index contributed by atoms with van der Waals surface area (Å²) in [5, 5.41) is 14.4. The first kappa shape index (κ1) is 42.6. The van der Waals surface area contributed by atoms with E-state index in [9.17, 15) is 19.7 Å². The first-order valence-electron chi connectivity index (χ1n) is 19.8. The monoisotopic (exact) mass is 817 g/mol. The van der Waals surface area contributed by atoms with Crippen molar-refractivity contribution in [3.05, 3.63) is 131 Å². The highest BCUT2D eigenvalue weighted by Gasteiger charge is 2.25. The van der Waals surface area contributed by atoms with Crippen LogP contribution < -0.4 is 35.6 Å². The van der Waals surface area contributed by atoms with Gasteiger partial charge in [0.05, 0.1) is 24.7 Å². The van der Waals surface area contributed by atoms with Crippen LogP contribution in [0.5, 0.6) is 0 Å². The van der Waals surface area contributed by atoms with Crippen molar-refractivity contribution in [2.75, 3.05) is 123 Å². The average molecular weight is 818 g/mol. The minimum Gasteiger partial charge on any atom is -0.465 e. The molecule has 0 saturated carbocycles. The first-order chi connectivity index (χ1) is 29.2. The SMILES string of the molecule is COC(=O)c1cc(N2CCN(c3ccccn3)CC2)ccc1N.COC(=O)c1cc(N2CCN(c3ccccn3)CC2)ccc1[N+](=O)[O-].c1ccc(N2CCNCC2)nc1. The molecule has 3 N–H and O–H groups in total. The largest absolute Gasteiger partial charge is 0.465 e. The molecule has 3 saturated heterocycles. The number of ether oxygens (including phenoxy) is 2. The maximum absolute atomic E-state index is 11.8. The fraction of sp³-hybridized carbons (Fsp3) is 0.326. The van der Waals surface area contributed by atoms with E-state index in [-0.39, 0.29) is 11.3 Å². The Morgan fingerprint density at radius 3 is 1.40 bits per heavy atom. The molecule has 3 fully saturated rings. The Labute approximate surface area is 349 Å². The van der Waals surface area contributed by atoms with E-state index in [1.165, 1.54) is 26.4 Å². The summed E-state index contributed by atoms with van der Waals surface area (Å²) in [7, 11) is 2.57. The number of nitrogens with one attached hydrogen (secondary N) is 1. The van der Waals surface area contributed by atoms with Gasteiger partial charge >= 0.3 is 11.9 Å². The van der Waals surface area contributed by atoms with Gasteiger partial charge < -0.3 is 45.0 Å². The lowest BCUT2D eigenvalue weighted by atomic mass is 10.1. The normalized spacial score (nSPS) is 15.1. The molecule has 0 aliphatic carbocycles. The van der Waals surface area contributed by atoms with E-state index in [0.29, 0.717) is 11.3 Å². The molecule has 5 aromatic rings. The number of methoxy groups -OCH3 is 2. The number of anilines is 6. The molecule has 0 atom stereocenters. The molecule has 0 radical (unpaired) electrons.